The summed E-state index contributed by atoms with van der Waals surface area (Å²) in [7, 11) is -5.64. The van der Waals surface area contributed by atoms with Crippen LogP contribution in [0, 0.1) is 9.56 Å². The Kier molecular flexibility index (Phi) is 14.7. The van der Waals surface area contributed by atoms with Gasteiger partial charge in [0.1, 0.15) is 11.6 Å². The molecule has 2 unspecified atom stereocenters. The van der Waals surface area contributed by atoms with Crippen molar-refractivity contribution < 1.29 is 13.2 Å². The number of hydrogen-bond donors (Lipinski definition) is 6. The van der Waals surface area contributed by atoms with Gasteiger partial charge in [0.05, 0.1) is 19.5 Å². The molecule has 14 nitrogen and oxygen atoms in total. The Morgan fingerprint density at radius 1 is 0.591 bits per heavy atom. The molecule has 3 aromatic heterocycles. The molecular weight excluding hydrogens is 867 g/mol. The molecule has 16 heteroatoms. The molecule has 0 amide bonds. The second-order valence-corrected chi connectivity index (χ2v) is 20.7. The summed E-state index contributed by atoms with van der Waals surface area (Å²) in [4.78, 5) is 36.1. The standard InChI is InChI=1S/C29H29N5O2S.C21H24N6OS/c30-37(36)18-5-4-17-31-28-26(20-32-29(34-28)33-24-9-6-10-25(37)19-24)22-14-11-21(12-15-22)13-16-27(35)23-7-2-1-3-8-23;22-29(28)12-2-1-11-24-20-17(9-8-16-5-4-10-23-14-16)15-25-21(27-20)26-18-6-3-7-19(29)13-18/h1-3,6-12,14-15,19-20,30H,4-5,13,16-18H2,(H2,31,32,33,34);3-7,10,13-15,22H,1-2,8-9,11-12H2,(H2,24,25,26,27). The highest BCUT2D eigenvalue weighted by atomic mass is 32.2. The summed E-state index contributed by atoms with van der Waals surface area (Å²) < 4.78 is 42.3. The Labute approximate surface area is 386 Å². The van der Waals surface area contributed by atoms with Crippen LogP contribution in [0.3, 0.4) is 0 Å². The van der Waals surface area contributed by atoms with Crippen LogP contribution in [-0.2, 0) is 38.7 Å². The molecule has 0 aliphatic carbocycles. The highest BCUT2D eigenvalue weighted by molar-refractivity contribution is 7.92. The zero-order valence-corrected chi connectivity index (χ0v) is 38.2. The number of fused-ring (bicyclic) bond motifs is 8. The zero-order valence-electron chi connectivity index (χ0n) is 36.5. The van der Waals surface area contributed by atoms with Crippen molar-refractivity contribution >= 4 is 60.1 Å². The fourth-order valence-corrected chi connectivity index (χ4v) is 10.5. The van der Waals surface area contributed by atoms with E-state index < -0.39 is 19.5 Å². The molecule has 6 N–H and O–H groups in total. The molecule has 9 rings (SSSR count). The van der Waals surface area contributed by atoms with Gasteiger partial charge in [-0.15, -0.1) is 0 Å². The lowest BCUT2D eigenvalue weighted by Gasteiger charge is -2.13. The molecule has 2 aliphatic heterocycles. The van der Waals surface area contributed by atoms with E-state index in [0.29, 0.717) is 77.1 Å². The van der Waals surface area contributed by atoms with Crippen molar-refractivity contribution in [2.75, 3.05) is 45.9 Å². The molecule has 4 aromatic carbocycles. The first-order valence-corrected chi connectivity index (χ1v) is 25.6. The lowest BCUT2D eigenvalue weighted by Crippen LogP contribution is -2.10. The number of carbonyl (C=O) groups is 1. The van der Waals surface area contributed by atoms with Crippen molar-refractivity contribution in [1.29, 1.82) is 9.56 Å². The summed E-state index contributed by atoms with van der Waals surface area (Å²) in [5.74, 6) is 3.25. The summed E-state index contributed by atoms with van der Waals surface area (Å²) in [5, 5.41) is 13.2. The molecule has 0 saturated carbocycles. The van der Waals surface area contributed by atoms with Crippen LogP contribution in [0.1, 0.15) is 59.2 Å². The Hall–Kier alpha value is -7.04. The Morgan fingerprint density at radius 3 is 1.85 bits per heavy atom. The minimum absolute atomic E-state index is 0.142. The number of benzene rings is 4. The smallest absolute Gasteiger partial charge is 0.229 e. The molecule has 8 bridgehead atoms. The van der Waals surface area contributed by atoms with Crippen molar-refractivity contribution in [1.82, 2.24) is 24.9 Å². The molecule has 0 saturated heterocycles. The van der Waals surface area contributed by atoms with E-state index in [1.54, 1.807) is 42.7 Å². The third kappa shape index (κ3) is 12.2. The predicted octanol–water partition coefficient (Wildman–Crippen LogP) is 10.3. The number of aromatic nitrogens is 5. The third-order valence-electron chi connectivity index (χ3n) is 11.3. The maximum atomic E-state index is 12.9. The molecule has 0 spiro atoms. The minimum atomic E-state index is -2.85. The molecule has 0 fully saturated rings. The van der Waals surface area contributed by atoms with Gasteiger partial charge in [0.25, 0.3) is 0 Å². The lowest BCUT2D eigenvalue weighted by atomic mass is 10.0. The minimum Gasteiger partial charge on any atom is -0.370 e. The predicted molar refractivity (Wildman–Crippen MR) is 263 cm³/mol. The van der Waals surface area contributed by atoms with Crippen molar-refractivity contribution in [3.8, 4) is 11.1 Å². The van der Waals surface area contributed by atoms with Gasteiger partial charge in [-0.2, -0.15) is 9.97 Å². The van der Waals surface area contributed by atoms with Gasteiger partial charge in [-0.3, -0.25) is 9.78 Å². The van der Waals surface area contributed by atoms with Crippen LogP contribution in [-0.4, -0.2) is 63.7 Å². The van der Waals surface area contributed by atoms with Crippen molar-refractivity contribution in [2.45, 2.75) is 61.2 Å². The van der Waals surface area contributed by atoms with E-state index in [1.165, 1.54) is 5.56 Å². The fraction of sp³-hybridized carbons (Fsp3) is 0.240. The molecule has 0 radical (unpaired) electrons. The molecule has 7 aromatic rings. The van der Waals surface area contributed by atoms with Crippen LogP contribution in [0.5, 0.6) is 0 Å². The zero-order chi connectivity index (χ0) is 45.8. The maximum Gasteiger partial charge on any atom is 0.229 e. The first kappa shape index (κ1) is 45.5. The third-order valence-corrected chi connectivity index (χ3v) is 15.1. The highest BCUT2D eigenvalue weighted by Crippen LogP contribution is 2.30. The van der Waals surface area contributed by atoms with Crippen LogP contribution in [0.25, 0.3) is 11.1 Å². The van der Waals surface area contributed by atoms with Crippen LogP contribution < -0.4 is 21.3 Å². The van der Waals surface area contributed by atoms with Gasteiger partial charge in [-0.25, -0.2) is 27.9 Å². The first-order valence-electron chi connectivity index (χ1n) is 22.1. The Balaban J connectivity index is 0.000000185. The van der Waals surface area contributed by atoms with Crippen molar-refractivity contribution in [2.24, 2.45) is 0 Å². The summed E-state index contributed by atoms with van der Waals surface area (Å²) in [6, 6.07) is 35.9. The quantitative estimate of drug-likeness (QED) is 0.0787. The monoisotopic (exact) mass is 919 g/mol. The number of ketones is 1. The fourth-order valence-electron chi connectivity index (χ4n) is 7.62. The van der Waals surface area contributed by atoms with Gasteiger partial charge < -0.3 is 21.3 Å². The van der Waals surface area contributed by atoms with E-state index in [0.717, 1.165) is 71.4 Å². The van der Waals surface area contributed by atoms with Gasteiger partial charge >= 0.3 is 0 Å². The van der Waals surface area contributed by atoms with Gasteiger partial charge in [0.2, 0.25) is 11.9 Å². The van der Waals surface area contributed by atoms with E-state index in [2.05, 4.69) is 47.3 Å². The summed E-state index contributed by atoms with van der Waals surface area (Å²) in [5.41, 5.74) is 7.35. The number of carbonyl (C=O) groups excluding carboxylic acids is 1. The van der Waals surface area contributed by atoms with Crippen LogP contribution >= 0.6 is 0 Å². The van der Waals surface area contributed by atoms with Gasteiger partial charge in [0, 0.05) is 93.7 Å². The van der Waals surface area contributed by atoms with E-state index in [9.17, 15) is 13.2 Å². The lowest BCUT2D eigenvalue weighted by molar-refractivity contribution is 0.0982. The second-order valence-electron chi connectivity index (χ2n) is 16.2. The number of hydrogen-bond acceptors (Lipinski definition) is 14. The van der Waals surface area contributed by atoms with Gasteiger partial charge in [-0.05, 0) is 104 Å². The average Bonchev–Trinajstić information content (AvgIpc) is 3.34. The van der Waals surface area contributed by atoms with Crippen molar-refractivity contribution in [3.63, 3.8) is 0 Å². The first-order chi connectivity index (χ1) is 32.1. The van der Waals surface area contributed by atoms with Crippen molar-refractivity contribution in [3.05, 3.63) is 162 Å². The Morgan fingerprint density at radius 2 is 1.21 bits per heavy atom. The SMILES string of the molecule is N=S1(=O)CCCCNc2nc(ncc2-c2ccc(CCC(=O)c3ccccc3)cc2)Nc2cccc1c2.N=S1(=O)CCCCNc2nc(ncc2CCc2cccnc2)Nc2cccc1c2. The molecular formula is C50H53N11O3S2. The number of rotatable bonds is 8. The van der Waals surface area contributed by atoms with Gasteiger partial charge in [0.15, 0.2) is 5.78 Å². The van der Waals surface area contributed by atoms with Crippen LogP contribution in [0.4, 0.5) is 34.9 Å². The molecule has 338 valence electrons. The van der Waals surface area contributed by atoms with E-state index in [1.807, 2.05) is 91.3 Å². The van der Waals surface area contributed by atoms with E-state index in [-0.39, 0.29) is 5.78 Å². The summed E-state index contributed by atoms with van der Waals surface area (Å²) in [6.45, 7) is 1.36. The Bertz CT molecular complexity index is 2990. The second kappa shape index (κ2) is 21.3. The summed E-state index contributed by atoms with van der Waals surface area (Å²) >= 11 is 0. The molecule has 66 heavy (non-hydrogen) atoms. The number of pyridine rings is 1. The maximum absolute atomic E-state index is 12.9. The molecule has 2 atom stereocenters. The van der Waals surface area contributed by atoms with E-state index in [4.69, 9.17) is 14.5 Å². The average molecular weight is 920 g/mol. The normalized spacial score (nSPS) is 18.1. The largest absolute Gasteiger partial charge is 0.370 e. The summed E-state index contributed by atoms with van der Waals surface area (Å²) in [6.07, 6.45) is 13.1. The number of aryl methyl sites for hydroxylation is 3. The molecule has 5 heterocycles. The molecule has 2 aliphatic rings. The highest BCUT2D eigenvalue weighted by Gasteiger charge is 2.17. The number of nitrogens with zero attached hydrogens (tertiary/aromatic N) is 5. The van der Waals surface area contributed by atoms with E-state index >= 15 is 0 Å². The van der Waals surface area contributed by atoms with Gasteiger partial charge in [-0.1, -0.05) is 72.8 Å². The number of anilines is 6. The number of nitrogens with one attached hydrogen (secondary N) is 6. The van der Waals surface area contributed by atoms with Crippen LogP contribution in [0.15, 0.2) is 150 Å². The van der Waals surface area contributed by atoms with Crippen LogP contribution in [0.2, 0.25) is 0 Å². The topological polar surface area (TPSA) is 211 Å². The number of Topliss-reactive ketones (excluding diaryl/α,β-unsaturated/α-hetero) is 1.